The first-order valence-electron chi connectivity index (χ1n) is 9.78. The molecule has 2 heterocycles. The zero-order valence-corrected chi connectivity index (χ0v) is 18.0. The monoisotopic (exact) mass is 406 g/mol. The van der Waals surface area contributed by atoms with Gasteiger partial charge in [-0.05, 0) is 30.5 Å². The third-order valence-corrected chi connectivity index (χ3v) is 5.17. The maximum absolute atomic E-state index is 11.8. The van der Waals surface area contributed by atoms with Gasteiger partial charge in [0.2, 0.25) is 5.91 Å². The van der Waals surface area contributed by atoms with Crippen LogP contribution in [0, 0.1) is 0 Å². The normalized spacial score (nSPS) is 16.2. The van der Waals surface area contributed by atoms with Crippen molar-refractivity contribution in [1.29, 1.82) is 0 Å². The number of rotatable bonds is 5. The summed E-state index contributed by atoms with van der Waals surface area (Å²) in [4.78, 5) is 15.6. The van der Waals surface area contributed by atoms with Crippen LogP contribution in [0.2, 0.25) is 5.02 Å². The lowest BCUT2D eigenvalue weighted by atomic mass is 9.84. The van der Waals surface area contributed by atoms with E-state index in [2.05, 4.69) is 10.00 Å². The average Bonchev–Trinajstić information content (AvgIpc) is 3.12. The molecular formula is C21H31ClN4O2. The van der Waals surface area contributed by atoms with Crippen molar-refractivity contribution < 1.29 is 9.90 Å². The predicted octanol–water partition coefficient (Wildman–Crippen LogP) is 3.13. The van der Waals surface area contributed by atoms with Crippen molar-refractivity contribution in [2.24, 2.45) is 0 Å². The molecule has 1 aromatic carbocycles. The highest BCUT2D eigenvalue weighted by Crippen LogP contribution is 2.34. The van der Waals surface area contributed by atoms with Crippen molar-refractivity contribution in [3.63, 3.8) is 0 Å². The molecule has 3 rings (SSSR count). The number of halogens is 1. The second-order valence-corrected chi connectivity index (χ2v) is 7.59. The second kappa shape index (κ2) is 10.0. The Morgan fingerprint density at radius 2 is 1.96 bits per heavy atom. The molecule has 7 heteroatoms. The number of hydrogen-bond donors (Lipinski definition) is 1. The summed E-state index contributed by atoms with van der Waals surface area (Å²) >= 11 is 6.06. The van der Waals surface area contributed by atoms with Gasteiger partial charge in [-0.25, -0.2) is 0 Å². The van der Waals surface area contributed by atoms with E-state index >= 15 is 0 Å². The largest absolute Gasteiger partial charge is 0.385 e. The van der Waals surface area contributed by atoms with E-state index in [1.807, 2.05) is 44.3 Å². The number of carbonyl (C=O) groups excluding carboxylic acids is 1. The zero-order chi connectivity index (χ0) is 20.7. The van der Waals surface area contributed by atoms with Gasteiger partial charge in [0.05, 0.1) is 11.8 Å². The van der Waals surface area contributed by atoms with Crippen LogP contribution in [0.4, 0.5) is 0 Å². The number of likely N-dealkylation sites (N-methyl/N-ethyl adjacent to an activating group) is 1. The van der Waals surface area contributed by atoms with Gasteiger partial charge in [0.25, 0.3) is 0 Å². The lowest BCUT2D eigenvalue weighted by molar-refractivity contribution is -0.129. The summed E-state index contributed by atoms with van der Waals surface area (Å²) in [5.74, 6) is 0.0178. The Labute approximate surface area is 172 Å². The summed E-state index contributed by atoms with van der Waals surface area (Å²) in [5, 5.41) is 15.9. The molecule has 28 heavy (non-hydrogen) atoms. The summed E-state index contributed by atoms with van der Waals surface area (Å²) in [6.45, 7) is 6.61. The van der Waals surface area contributed by atoms with E-state index in [4.69, 9.17) is 11.6 Å². The summed E-state index contributed by atoms with van der Waals surface area (Å²) in [6, 6.07) is 7.49. The first-order valence-corrected chi connectivity index (χ1v) is 10.2. The number of amides is 1. The molecule has 6 nitrogen and oxygen atoms in total. The van der Waals surface area contributed by atoms with E-state index in [0.717, 1.165) is 30.8 Å². The van der Waals surface area contributed by atoms with Crippen LogP contribution in [0.25, 0.3) is 0 Å². The number of nitrogens with zero attached hydrogens (tertiary/aromatic N) is 4. The minimum atomic E-state index is -0.816. The van der Waals surface area contributed by atoms with Crippen LogP contribution >= 0.6 is 11.6 Å². The fraction of sp³-hybridized carbons (Fsp3) is 0.524. The smallest absolute Gasteiger partial charge is 0.243 e. The Morgan fingerprint density at radius 3 is 2.57 bits per heavy atom. The van der Waals surface area contributed by atoms with Crippen molar-refractivity contribution in [2.75, 3.05) is 27.2 Å². The molecule has 1 aromatic heterocycles. The Balaban J connectivity index is 0.00000136. The molecule has 0 unspecified atom stereocenters. The fourth-order valence-electron chi connectivity index (χ4n) is 3.26. The highest BCUT2D eigenvalue weighted by Gasteiger charge is 2.34. The van der Waals surface area contributed by atoms with E-state index in [1.54, 1.807) is 29.9 Å². The molecule has 1 fully saturated rings. The molecule has 0 spiro atoms. The van der Waals surface area contributed by atoms with E-state index in [9.17, 15) is 9.90 Å². The van der Waals surface area contributed by atoms with Gasteiger partial charge >= 0.3 is 0 Å². The third kappa shape index (κ3) is 5.80. The Kier molecular flexibility index (Phi) is 8.04. The summed E-state index contributed by atoms with van der Waals surface area (Å²) in [7, 11) is 3.48. The zero-order valence-electron chi connectivity index (χ0n) is 17.2. The predicted molar refractivity (Wildman–Crippen MR) is 112 cm³/mol. The molecule has 0 bridgehead atoms. The number of likely N-dealkylation sites (tertiary alicyclic amines) is 1. The minimum absolute atomic E-state index is 0.0178. The molecule has 0 aliphatic carbocycles. The van der Waals surface area contributed by atoms with Gasteiger partial charge in [-0.15, -0.1) is 0 Å². The lowest BCUT2D eigenvalue weighted by Gasteiger charge is -2.38. The topological polar surface area (TPSA) is 61.6 Å². The van der Waals surface area contributed by atoms with Crippen molar-refractivity contribution in [3.8, 4) is 0 Å². The van der Waals surface area contributed by atoms with Crippen LogP contribution in [-0.4, -0.2) is 57.8 Å². The van der Waals surface area contributed by atoms with Crippen LogP contribution in [0.15, 0.2) is 36.7 Å². The van der Waals surface area contributed by atoms with Crippen molar-refractivity contribution in [1.82, 2.24) is 19.6 Å². The number of piperidine rings is 1. The fourth-order valence-corrected chi connectivity index (χ4v) is 3.45. The maximum Gasteiger partial charge on any atom is 0.243 e. The van der Waals surface area contributed by atoms with Crippen LogP contribution in [-0.2, 0) is 23.5 Å². The molecule has 1 aliphatic rings. The molecule has 0 saturated carbocycles. The molecule has 1 aliphatic heterocycles. The maximum atomic E-state index is 11.8. The van der Waals surface area contributed by atoms with E-state index in [-0.39, 0.29) is 12.5 Å². The molecule has 1 N–H and O–H groups in total. The van der Waals surface area contributed by atoms with Crippen molar-refractivity contribution in [2.45, 2.75) is 45.4 Å². The van der Waals surface area contributed by atoms with Crippen LogP contribution in [0.5, 0.6) is 0 Å². The van der Waals surface area contributed by atoms with Gasteiger partial charge in [0.15, 0.2) is 0 Å². The number of benzene rings is 1. The summed E-state index contributed by atoms with van der Waals surface area (Å²) < 4.78 is 1.67. The van der Waals surface area contributed by atoms with Crippen LogP contribution < -0.4 is 0 Å². The first-order chi connectivity index (χ1) is 13.4. The van der Waals surface area contributed by atoms with Gasteiger partial charge in [-0.3, -0.25) is 14.4 Å². The molecular weight excluding hydrogens is 376 g/mol. The number of aromatic nitrogens is 2. The van der Waals surface area contributed by atoms with Crippen LogP contribution in [0.3, 0.4) is 0 Å². The molecule has 2 aromatic rings. The molecule has 1 amide bonds. The van der Waals surface area contributed by atoms with Crippen molar-refractivity contribution >= 4 is 17.5 Å². The molecule has 0 radical (unpaired) electrons. The van der Waals surface area contributed by atoms with E-state index in [0.29, 0.717) is 17.9 Å². The Hall–Kier alpha value is -1.89. The van der Waals surface area contributed by atoms with Gasteiger partial charge in [0, 0.05) is 50.5 Å². The highest BCUT2D eigenvalue weighted by atomic mass is 35.5. The SMILES string of the molecule is CC.CN(C)C(=O)Cn1cc(CN2CCC(O)(c3cccc(Cl)c3)CC2)cn1. The van der Waals surface area contributed by atoms with Gasteiger partial charge in [0.1, 0.15) is 6.54 Å². The van der Waals surface area contributed by atoms with E-state index in [1.165, 1.54) is 0 Å². The molecule has 1 saturated heterocycles. The van der Waals surface area contributed by atoms with Crippen LogP contribution in [0.1, 0.15) is 37.8 Å². The second-order valence-electron chi connectivity index (χ2n) is 7.15. The van der Waals surface area contributed by atoms with E-state index < -0.39 is 5.60 Å². The Bertz CT molecular complexity index is 767. The summed E-state index contributed by atoms with van der Waals surface area (Å²) in [5.41, 5.74) is 1.15. The number of hydrogen-bond acceptors (Lipinski definition) is 4. The van der Waals surface area contributed by atoms with Crippen molar-refractivity contribution in [3.05, 3.63) is 52.8 Å². The number of carbonyl (C=O) groups is 1. The van der Waals surface area contributed by atoms with Gasteiger partial charge in [-0.1, -0.05) is 37.6 Å². The van der Waals surface area contributed by atoms with Gasteiger partial charge < -0.3 is 10.0 Å². The standard InChI is InChI=1S/C19H25ClN4O2.C2H6/c1-22(2)18(25)14-24-13-15(11-21-24)12-23-8-6-19(26,7-9-23)16-4-3-5-17(20)10-16;1-2/h3-5,10-11,13,26H,6-9,12,14H2,1-2H3;1-2H3. The third-order valence-electron chi connectivity index (χ3n) is 4.93. The average molecular weight is 407 g/mol. The van der Waals surface area contributed by atoms with Gasteiger partial charge in [-0.2, -0.15) is 5.10 Å². The molecule has 0 atom stereocenters. The quantitative estimate of drug-likeness (QED) is 0.828. The molecule has 154 valence electrons. The lowest BCUT2D eigenvalue weighted by Crippen LogP contribution is -2.42. The Morgan fingerprint density at radius 1 is 1.29 bits per heavy atom. The minimum Gasteiger partial charge on any atom is -0.385 e. The highest BCUT2D eigenvalue weighted by molar-refractivity contribution is 6.30. The first kappa shape index (κ1) is 22.4. The summed E-state index contributed by atoms with van der Waals surface area (Å²) in [6.07, 6.45) is 5.06. The number of aliphatic hydroxyl groups is 1.